The molecule has 0 bridgehead atoms. The smallest absolute Gasteiger partial charge is 0.0543 e. The molecule has 0 unspecified atom stereocenters. The first-order valence-corrected chi connectivity index (χ1v) is 19.6. The summed E-state index contributed by atoms with van der Waals surface area (Å²) in [5, 5.41) is 10.2. The van der Waals surface area contributed by atoms with Crippen molar-refractivity contribution >= 4 is 60.2 Å². The number of hydrogen-bond donors (Lipinski definition) is 0. The zero-order chi connectivity index (χ0) is 37.4. The molecule has 0 radical (unpaired) electrons. The molecule has 0 aliphatic heterocycles. The summed E-state index contributed by atoms with van der Waals surface area (Å²) in [5.41, 5.74) is 13.5. The maximum absolute atomic E-state index is 2.47. The number of benzene rings is 10. The van der Waals surface area contributed by atoms with Crippen molar-refractivity contribution in [1.29, 1.82) is 0 Å². The van der Waals surface area contributed by atoms with Crippen molar-refractivity contribution in [2.75, 3.05) is 4.90 Å². The molecule has 1 aliphatic rings. The summed E-state index contributed by atoms with van der Waals surface area (Å²) in [7, 11) is 0. The minimum atomic E-state index is -0.104. The van der Waals surface area contributed by atoms with Crippen LogP contribution < -0.4 is 4.90 Å². The van der Waals surface area contributed by atoms with Crippen LogP contribution in [0.15, 0.2) is 200 Å². The number of anilines is 3. The van der Waals surface area contributed by atoms with Crippen molar-refractivity contribution in [3.05, 3.63) is 211 Å². The molecule has 0 saturated carbocycles. The topological polar surface area (TPSA) is 3.24 Å². The van der Waals surface area contributed by atoms with Gasteiger partial charge in [-0.1, -0.05) is 172 Å². The van der Waals surface area contributed by atoms with E-state index in [1.54, 1.807) is 0 Å². The van der Waals surface area contributed by atoms with E-state index in [1.807, 2.05) is 0 Å². The average molecular weight is 714 g/mol. The Balaban J connectivity index is 1.10. The van der Waals surface area contributed by atoms with E-state index in [4.69, 9.17) is 0 Å². The molecule has 264 valence electrons. The second-order valence-electron chi connectivity index (χ2n) is 15.7. The number of rotatable bonds is 5. The standard InChI is InChI=1S/C55H39N/c1-55(2)50-22-10-9-21-48(50)54-51(55)23-12-24-52(54)56(44-17-11-16-40(34-44)41-27-25-36-13-3-4-15-39(36)33-41)43-31-29-38(30-32-43)49-35-42-28-26-37-14-5-6-18-45(37)53(42)47-20-8-7-19-46(47)49/h3-35H,1-2H3. The first-order valence-electron chi connectivity index (χ1n) is 19.6. The van der Waals surface area contributed by atoms with Crippen molar-refractivity contribution in [2.24, 2.45) is 0 Å². The molecular formula is C55H39N. The lowest BCUT2D eigenvalue weighted by Crippen LogP contribution is -2.16. The van der Waals surface area contributed by atoms with E-state index in [0.717, 1.165) is 11.4 Å². The van der Waals surface area contributed by atoms with E-state index >= 15 is 0 Å². The van der Waals surface area contributed by atoms with Gasteiger partial charge in [0.1, 0.15) is 0 Å². The molecule has 11 rings (SSSR count). The molecule has 0 N–H and O–H groups in total. The lowest BCUT2D eigenvalue weighted by molar-refractivity contribution is 0.660. The second-order valence-corrected chi connectivity index (χ2v) is 15.7. The zero-order valence-electron chi connectivity index (χ0n) is 31.5. The van der Waals surface area contributed by atoms with Gasteiger partial charge in [-0.25, -0.2) is 0 Å². The largest absolute Gasteiger partial charge is 0.310 e. The van der Waals surface area contributed by atoms with Gasteiger partial charge in [0.05, 0.1) is 5.69 Å². The minimum absolute atomic E-state index is 0.104. The van der Waals surface area contributed by atoms with Crippen LogP contribution >= 0.6 is 0 Å². The van der Waals surface area contributed by atoms with Crippen LogP contribution in [-0.4, -0.2) is 0 Å². The Hall–Kier alpha value is -6.96. The van der Waals surface area contributed by atoms with Gasteiger partial charge >= 0.3 is 0 Å². The first-order chi connectivity index (χ1) is 27.5. The maximum atomic E-state index is 2.47. The highest BCUT2D eigenvalue weighted by molar-refractivity contribution is 6.23. The van der Waals surface area contributed by atoms with Gasteiger partial charge in [0.25, 0.3) is 0 Å². The normalized spacial score (nSPS) is 13.0. The predicted octanol–water partition coefficient (Wildman–Crippen LogP) is 15.4. The molecule has 0 aromatic heterocycles. The molecule has 1 heteroatoms. The van der Waals surface area contributed by atoms with Gasteiger partial charge in [-0.05, 0) is 124 Å². The third-order valence-corrected chi connectivity index (χ3v) is 12.2. The average Bonchev–Trinajstić information content (AvgIpc) is 3.49. The Bertz CT molecular complexity index is 3170. The van der Waals surface area contributed by atoms with Crippen LogP contribution in [0.2, 0.25) is 0 Å². The second kappa shape index (κ2) is 12.5. The Morgan fingerprint density at radius 2 is 0.982 bits per heavy atom. The highest BCUT2D eigenvalue weighted by Crippen LogP contribution is 2.54. The third kappa shape index (κ3) is 5.01. The Kier molecular flexibility index (Phi) is 7.28. The van der Waals surface area contributed by atoms with E-state index in [0.29, 0.717) is 0 Å². The van der Waals surface area contributed by atoms with Crippen LogP contribution in [0.3, 0.4) is 0 Å². The van der Waals surface area contributed by atoms with Gasteiger partial charge in [0.15, 0.2) is 0 Å². The van der Waals surface area contributed by atoms with E-state index in [2.05, 4.69) is 219 Å². The molecule has 1 nitrogen and oxygen atoms in total. The number of nitrogens with zero attached hydrogens (tertiary/aromatic N) is 1. The van der Waals surface area contributed by atoms with Gasteiger partial charge < -0.3 is 4.90 Å². The fourth-order valence-corrected chi connectivity index (χ4v) is 9.45. The Labute approximate surface area is 327 Å². The monoisotopic (exact) mass is 713 g/mol. The summed E-state index contributed by atoms with van der Waals surface area (Å²) in [6.07, 6.45) is 0. The fourth-order valence-electron chi connectivity index (χ4n) is 9.45. The van der Waals surface area contributed by atoms with E-state index in [1.165, 1.54) is 93.3 Å². The molecule has 0 fully saturated rings. The van der Waals surface area contributed by atoms with Crippen molar-refractivity contribution in [2.45, 2.75) is 19.3 Å². The van der Waals surface area contributed by atoms with E-state index < -0.39 is 0 Å². The fraction of sp³-hybridized carbons (Fsp3) is 0.0545. The van der Waals surface area contributed by atoms with Crippen LogP contribution in [0.1, 0.15) is 25.0 Å². The molecule has 0 spiro atoms. The summed E-state index contributed by atoms with van der Waals surface area (Å²) in [6, 6.07) is 74.0. The minimum Gasteiger partial charge on any atom is -0.310 e. The van der Waals surface area contributed by atoms with Gasteiger partial charge in [-0.2, -0.15) is 0 Å². The zero-order valence-corrected chi connectivity index (χ0v) is 31.5. The van der Waals surface area contributed by atoms with Gasteiger partial charge in [0, 0.05) is 22.4 Å². The molecule has 10 aromatic rings. The number of hydrogen-bond acceptors (Lipinski definition) is 1. The van der Waals surface area contributed by atoms with Crippen LogP contribution in [0, 0.1) is 0 Å². The SMILES string of the molecule is CC1(C)c2ccccc2-c2c(N(c3ccc(-c4cc5ccc6ccccc6c5c5ccccc45)cc3)c3cccc(-c4ccc5ccccc5c4)c3)cccc21. The van der Waals surface area contributed by atoms with E-state index in [-0.39, 0.29) is 5.41 Å². The molecule has 0 heterocycles. The van der Waals surface area contributed by atoms with Crippen molar-refractivity contribution < 1.29 is 0 Å². The third-order valence-electron chi connectivity index (χ3n) is 12.2. The highest BCUT2D eigenvalue weighted by Gasteiger charge is 2.37. The summed E-state index contributed by atoms with van der Waals surface area (Å²) in [6.45, 7) is 4.72. The van der Waals surface area contributed by atoms with Crippen molar-refractivity contribution in [3.8, 4) is 33.4 Å². The van der Waals surface area contributed by atoms with Crippen LogP contribution in [0.25, 0.3) is 76.5 Å². The molecule has 1 aliphatic carbocycles. The summed E-state index contributed by atoms with van der Waals surface area (Å²) >= 11 is 0. The molecule has 0 amide bonds. The molecular weight excluding hydrogens is 675 g/mol. The number of fused-ring (bicyclic) bond motifs is 9. The quantitative estimate of drug-likeness (QED) is 0.161. The van der Waals surface area contributed by atoms with Crippen molar-refractivity contribution in [1.82, 2.24) is 0 Å². The Morgan fingerprint density at radius 3 is 1.84 bits per heavy atom. The van der Waals surface area contributed by atoms with Crippen molar-refractivity contribution in [3.63, 3.8) is 0 Å². The molecule has 0 atom stereocenters. The summed E-state index contributed by atoms with van der Waals surface area (Å²) in [5.74, 6) is 0. The first kappa shape index (κ1) is 32.5. The summed E-state index contributed by atoms with van der Waals surface area (Å²) < 4.78 is 0. The van der Waals surface area contributed by atoms with Crippen LogP contribution in [0.4, 0.5) is 17.1 Å². The van der Waals surface area contributed by atoms with Crippen LogP contribution in [0.5, 0.6) is 0 Å². The molecule has 0 saturated heterocycles. The van der Waals surface area contributed by atoms with Gasteiger partial charge in [-0.15, -0.1) is 0 Å². The van der Waals surface area contributed by atoms with E-state index in [9.17, 15) is 0 Å². The highest BCUT2D eigenvalue weighted by atomic mass is 15.1. The lowest BCUT2D eigenvalue weighted by Gasteiger charge is -2.29. The Morgan fingerprint density at radius 1 is 0.357 bits per heavy atom. The van der Waals surface area contributed by atoms with Gasteiger partial charge in [0.2, 0.25) is 0 Å². The lowest BCUT2D eigenvalue weighted by atomic mass is 9.82. The molecule has 56 heavy (non-hydrogen) atoms. The predicted molar refractivity (Wildman–Crippen MR) is 240 cm³/mol. The maximum Gasteiger partial charge on any atom is 0.0543 e. The van der Waals surface area contributed by atoms with Gasteiger partial charge in [-0.3, -0.25) is 0 Å². The van der Waals surface area contributed by atoms with Crippen LogP contribution in [-0.2, 0) is 5.41 Å². The molecule has 10 aromatic carbocycles. The summed E-state index contributed by atoms with van der Waals surface area (Å²) in [4.78, 5) is 2.47.